The molecule has 1 unspecified atom stereocenters. The van der Waals surface area contributed by atoms with Crippen molar-refractivity contribution in [2.45, 2.75) is 13.0 Å². The zero-order valence-corrected chi connectivity index (χ0v) is 13.2. The van der Waals surface area contributed by atoms with E-state index >= 15 is 0 Å². The fraction of sp³-hybridized carbons (Fsp3) is 0.412. The molecule has 1 aromatic heterocycles. The van der Waals surface area contributed by atoms with Gasteiger partial charge in [-0.05, 0) is 24.4 Å². The van der Waals surface area contributed by atoms with Crippen LogP contribution >= 0.6 is 11.3 Å². The van der Waals surface area contributed by atoms with Crippen LogP contribution in [0.5, 0.6) is 5.75 Å². The monoisotopic (exact) mass is 302 g/mol. The third-order valence-corrected chi connectivity index (χ3v) is 4.77. The molecule has 2 aromatic rings. The maximum absolute atomic E-state index is 5.87. The fourth-order valence-corrected chi connectivity index (χ4v) is 3.79. The predicted octanol–water partition coefficient (Wildman–Crippen LogP) is 3.14. The second-order valence-electron chi connectivity index (χ2n) is 5.17. The van der Waals surface area contributed by atoms with Crippen LogP contribution in [0.1, 0.15) is 23.4 Å². The number of nitrogens with one attached hydrogen (secondary N) is 1. The molecule has 2 heterocycles. The zero-order chi connectivity index (χ0) is 14.5. The average molecular weight is 302 g/mol. The van der Waals surface area contributed by atoms with Crippen molar-refractivity contribution >= 4 is 11.3 Å². The summed E-state index contributed by atoms with van der Waals surface area (Å²) in [7, 11) is 0. The van der Waals surface area contributed by atoms with E-state index in [2.05, 4.69) is 52.0 Å². The molecule has 1 saturated heterocycles. The zero-order valence-electron chi connectivity index (χ0n) is 12.4. The number of thiophene rings is 1. The van der Waals surface area contributed by atoms with Gasteiger partial charge in [-0.3, -0.25) is 4.90 Å². The Hall–Kier alpha value is -1.36. The highest BCUT2D eigenvalue weighted by Gasteiger charge is 2.26. The molecule has 21 heavy (non-hydrogen) atoms. The van der Waals surface area contributed by atoms with Crippen LogP contribution in [0.4, 0.5) is 0 Å². The van der Waals surface area contributed by atoms with E-state index in [1.807, 2.05) is 18.3 Å². The summed E-state index contributed by atoms with van der Waals surface area (Å²) in [6.45, 7) is 7.00. The topological polar surface area (TPSA) is 24.5 Å². The van der Waals surface area contributed by atoms with Gasteiger partial charge >= 0.3 is 0 Å². The van der Waals surface area contributed by atoms with Gasteiger partial charge in [-0.1, -0.05) is 24.3 Å². The molecular weight excluding hydrogens is 280 g/mol. The summed E-state index contributed by atoms with van der Waals surface area (Å²) in [5.41, 5.74) is 1.28. The molecule has 0 aliphatic carbocycles. The van der Waals surface area contributed by atoms with E-state index < -0.39 is 0 Å². The smallest absolute Gasteiger partial charge is 0.124 e. The first-order chi connectivity index (χ1) is 10.4. The van der Waals surface area contributed by atoms with E-state index in [-0.39, 0.29) is 0 Å². The lowest BCUT2D eigenvalue weighted by molar-refractivity contribution is 0.196. The minimum atomic E-state index is 0.301. The van der Waals surface area contributed by atoms with Crippen molar-refractivity contribution in [3.05, 3.63) is 52.2 Å². The molecule has 1 aromatic carbocycles. The molecule has 4 heteroatoms. The summed E-state index contributed by atoms with van der Waals surface area (Å²) in [4.78, 5) is 3.95. The van der Waals surface area contributed by atoms with Crippen LogP contribution in [0.25, 0.3) is 0 Å². The van der Waals surface area contributed by atoms with Crippen LogP contribution < -0.4 is 10.1 Å². The number of benzene rings is 1. The van der Waals surface area contributed by atoms with Gasteiger partial charge in [-0.25, -0.2) is 0 Å². The highest BCUT2D eigenvalue weighted by atomic mass is 32.1. The van der Waals surface area contributed by atoms with Crippen molar-refractivity contribution in [3.8, 4) is 5.75 Å². The molecule has 112 valence electrons. The predicted molar refractivity (Wildman–Crippen MR) is 88.2 cm³/mol. The fourth-order valence-electron chi connectivity index (χ4n) is 2.91. The van der Waals surface area contributed by atoms with E-state index in [4.69, 9.17) is 4.74 Å². The van der Waals surface area contributed by atoms with Gasteiger partial charge in [0.15, 0.2) is 0 Å². The number of piperazine rings is 1. The molecule has 1 fully saturated rings. The molecule has 3 nitrogen and oxygen atoms in total. The molecule has 0 amide bonds. The van der Waals surface area contributed by atoms with Gasteiger partial charge in [-0.15, -0.1) is 11.3 Å². The van der Waals surface area contributed by atoms with E-state index in [1.165, 1.54) is 10.4 Å². The quantitative estimate of drug-likeness (QED) is 0.918. The summed E-state index contributed by atoms with van der Waals surface area (Å²) in [5.74, 6) is 1.01. The number of nitrogens with zero attached hydrogens (tertiary/aromatic N) is 1. The number of hydrogen-bond acceptors (Lipinski definition) is 4. The van der Waals surface area contributed by atoms with Crippen LogP contribution in [-0.2, 0) is 0 Å². The number of para-hydroxylation sites is 1. The average Bonchev–Trinajstić information content (AvgIpc) is 3.05. The Morgan fingerprint density at radius 1 is 1.19 bits per heavy atom. The first-order valence-corrected chi connectivity index (χ1v) is 8.48. The Morgan fingerprint density at radius 3 is 2.71 bits per heavy atom. The molecule has 1 aliphatic heterocycles. The summed E-state index contributed by atoms with van der Waals surface area (Å²) >= 11 is 1.83. The normalized spacial score (nSPS) is 17.6. The molecule has 1 atom stereocenters. The molecule has 0 bridgehead atoms. The minimum absolute atomic E-state index is 0.301. The van der Waals surface area contributed by atoms with E-state index in [9.17, 15) is 0 Å². The summed E-state index contributed by atoms with van der Waals surface area (Å²) in [6.07, 6.45) is 0. The van der Waals surface area contributed by atoms with E-state index in [0.29, 0.717) is 12.6 Å². The summed E-state index contributed by atoms with van der Waals surface area (Å²) < 4.78 is 5.87. The maximum atomic E-state index is 5.87. The van der Waals surface area contributed by atoms with Crippen LogP contribution in [0.2, 0.25) is 0 Å². The van der Waals surface area contributed by atoms with Crippen LogP contribution in [0, 0.1) is 0 Å². The molecular formula is C17H22N2OS. The maximum Gasteiger partial charge on any atom is 0.124 e. The van der Waals surface area contributed by atoms with Crippen molar-refractivity contribution < 1.29 is 4.74 Å². The number of ether oxygens (including phenoxy) is 1. The van der Waals surface area contributed by atoms with Gasteiger partial charge in [-0.2, -0.15) is 0 Å². The van der Waals surface area contributed by atoms with Crippen molar-refractivity contribution in [2.24, 2.45) is 0 Å². The second-order valence-corrected chi connectivity index (χ2v) is 6.15. The Labute approximate surface area is 130 Å². The van der Waals surface area contributed by atoms with Crippen molar-refractivity contribution in [3.63, 3.8) is 0 Å². The van der Waals surface area contributed by atoms with Crippen LogP contribution in [-0.4, -0.2) is 37.7 Å². The SMILES string of the molecule is CCOc1ccccc1C(c1cccs1)N1CCNCC1. The largest absolute Gasteiger partial charge is 0.494 e. The first kappa shape index (κ1) is 14.6. The lowest BCUT2D eigenvalue weighted by Gasteiger charge is -2.35. The Bertz CT molecular complexity index is 550. The first-order valence-electron chi connectivity index (χ1n) is 7.60. The Morgan fingerprint density at radius 2 is 2.00 bits per heavy atom. The third-order valence-electron chi connectivity index (χ3n) is 3.84. The highest BCUT2D eigenvalue weighted by Crippen LogP contribution is 2.36. The Balaban J connectivity index is 1.98. The van der Waals surface area contributed by atoms with Gasteiger partial charge in [0.1, 0.15) is 5.75 Å². The molecule has 0 saturated carbocycles. The van der Waals surface area contributed by atoms with Gasteiger partial charge < -0.3 is 10.1 Å². The second kappa shape index (κ2) is 7.07. The molecule has 1 N–H and O–H groups in total. The Kier molecular flexibility index (Phi) is 4.91. The van der Waals surface area contributed by atoms with Gasteiger partial charge in [0.2, 0.25) is 0 Å². The van der Waals surface area contributed by atoms with Gasteiger partial charge in [0.25, 0.3) is 0 Å². The molecule has 1 aliphatic rings. The van der Waals surface area contributed by atoms with Crippen LogP contribution in [0.3, 0.4) is 0 Å². The van der Waals surface area contributed by atoms with Gasteiger partial charge in [0.05, 0.1) is 12.6 Å². The van der Waals surface area contributed by atoms with Crippen molar-refractivity contribution in [1.82, 2.24) is 10.2 Å². The molecule has 0 radical (unpaired) electrons. The van der Waals surface area contributed by atoms with Crippen molar-refractivity contribution in [2.75, 3.05) is 32.8 Å². The molecule has 3 rings (SSSR count). The number of rotatable bonds is 5. The number of hydrogen-bond donors (Lipinski definition) is 1. The van der Waals surface area contributed by atoms with Gasteiger partial charge in [0, 0.05) is 36.6 Å². The van der Waals surface area contributed by atoms with Crippen molar-refractivity contribution in [1.29, 1.82) is 0 Å². The highest BCUT2D eigenvalue weighted by molar-refractivity contribution is 7.10. The van der Waals surface area contributed by atoms with E-state index in [0.717, 1.165) is 31.9 Å². The summed E-state index contributed by atoms with van der Waals surface area (Å²) in [6, 6.07) is 13.1. The van der Waals surface area contributed by atoms with E-state index in [1.54, 1.807) is 0 Å². The lowest BCUT2D eigenvalue weighted by atomic mass is 10.0. The molecule has 0 spiro atoms. The van der Waals surface area contributed by atoms with Crippen LogP contribution in [0.15, 0.2) is 41.8 Å². The minimum Gasteiger partial charge on any atom is -0.494 e. The standard InChI is InChI=1S/C17H22N2OS/c1-2-20-15-7-4-3-6-14(15)17(16-8-5-13-21-16)19-11-9-18-10-12-19/h3-8,13,17-18H,2,9-12H2,1H3. The lowest BCUT2D eigenvalue weighted by Crippen LogP contribution is -2.45. The summed E-state index contributed by atoms with van der Waals surface area (Å²) in [5, 5.41) is 5.60. The third kappa shape index (κ3) is 3.28.